The lowest BCUT2D eigenvalue weighted by molar-refractivity contribution is -0.135. The first kappa shape index (κ1) is 21.9. The lowest BCUT2D eigenvalue weighted by Crippen LogP contribution is -2.51. The van der Waals surface area contributed by atoms with Gasteiger partial charge in [-0.1, -0.05) is 43.3 Å². The van der Waals surface area contributed by atoms with Gasteiger partial charge in [-0.25, -0.2) is 0 Å². The van der Waals surface area contributed by atoms with E-state index in [1.165, 1.54) is 0 Å². The number of piperazine rings is 1. The Morgan fingerprint density at radius 3 is 2.25 bits per heavy atom. The van der Waals surface area contributed by atoms with Gasteiger partial charge in [0, 0.05) is 32.1 Å². The predicted octanol–water partition coefficient (Wildman–Crippen LogP) is 3.96. The van der Waals surface area contributed by atoms with Gasteiger partial charge in [-0.05, 0) is 36.8 Å². The molecule has 0 atom stereocenters. The summed E-state index contributed by atoms with van der Waals surface area (Å²) in [6.45, 7) is 9.91. The van der Waals surface area contributed by atoms with Gasteiger partial charge in [0.05, 0.1) is 16.8 Å². The fourth-order valence-electron chi connectivity index (χ4n) is 4.03. The van der Waals surface area contributed by atoms with Crippen LogP contribution in [0.5, 0.6) is 5.75 Å². The highest BCUT2D eigenvalue weighted by molar-refractivity contribution is 6.01. The van der Waals surface area contributed by atoms with Crippen LogP contribution in [0.1, 0.15) is 41.2 Å². The van der Waals surface area contributed by atoms with Crippen LogP contribution in [0.15, 0.2) is 40.9 Å². The van der Waals surface area contributed by atoms with Gasteiger partial charge in [0.25, 0.3) is 5.91 Å². The molecule has 1 fully saturated rings. The maximum Gasteiger partial charge on any atom is 0.257 e. The molecule has 1 aliphatic heterocycles. The molecule has 2 heterocycles. The predicted molar refractivity (Wildman–Crippen MR) is 122 cm³/mol. The second-order valence-corrected chi connectivity index (χ2v) is 8.56. The van der Waals surface area contributed by atoms with Crippen LogP contribution in [-0.2, 0) is 11.4 Å². The molecule has 0 radical (unpaired) electrons. The molecule has 0 saturated carbocycles. The average Bonchev–Trinajstić information content (AvgIpc) is 3.13. The fourth-order valence-corrected chi connectivity index (χ4v) is 4.03. The number of fused-ring (bicyclic) bond motifs is 1. The van der Waals surface area contributed by atoms with Crippen molar-refractivity contribution in [3.05, 3.63) is 59.0 Å². The van der Waals surface area contributed by atoms with Crippen LogP contribution in [0, 0.1) is 19.8 Å². The van der Waals surface area contributed by atoms with Crippen LogP contribution in [0.4, 0.5) is 0 Å². The molecule has 1 aliphatic rings. The molecule has 7 nitrogen and oxygen atoms in total. The molecule has 0 bridgehead atoms. The minimum absolute atomic E-state index is 0.0398. The maximum absolute atomic E-state index is 13.5. The Morgan fingerprint density at radius 1 is 1.03 bits per heavy atom. The number of carbonyl (C=O) groups is 2. The van der Waals surface area contributed by atoms with Gasteiger partial charge in [-0.3, -0.25) is 9.59 Å². The molecule has 0 N–H and O–H groups in total. The van der Waals surface area contributed by atoms with Gasteiger partial charge in [0.15, 0.2) is 0 Å². The zero-order chi connectivity index (χ0) is 22.8. The van der Waals surface area contributed by atoms with Crippen LogP contribution in [0.25, 0.3) is 10.8 Å². The topological polar surface area (TPSA) is 75.9 Å². The van der Waals surface area contributed by atoms with Crippen molar-refractivity contribution < 1.29 is 18.8 Å². The summed E-state index contributed by atoms with van der Waals surface area (Å²) in [6.07, 6.45) is 0. The first-order chi connectivity index (χ1) is 15.3. The van der Waals surface area contributed by atoms with Crippen LogP contribution in [0.3, 0.4) is 0 Å². The first-order valence-electron chi connectivity index (χ1n) is 11.0. The van der Waals surface area contributed by atoms with Gasteiger partial charge in [-0.2, -0.15) is 0 Å². The molecule has 2 amide bonds. The Bertz CT molecular complexity index is 1120. The summed E-state index contributed by atoms with van der Waals surface area (Å²) >= 11 is 0. The first-order valence-corrected chi connectivity index (χ1v) is 11.0. The minimum atomic E-state index is -0.0823. The van der Waals surface area contributed by atoms with Crippen molar-refractivity contribution in [2.75, 3.05) is 26.2 Å². The van der Waals surface area contributed by atoms with E-state index in [1.807, 2.05) is 69.0 Å². The number of nitrogens with zero attached hydrogens (tertiary/aromatic N) is 3. The van der Waals surface area contributed by atoms with Crippen LogP contribution >= 0.6 is 0 Å². The molecule has 7 heteroatoms. The van der Waals surface area contributed by atoms with Gasteiger partial charge in [-0.15, -0.1) is 0 Å². The zero-order valence-electron chi connectivity index (χ0n) is 19.1. The molecular weight excluding hydrogens is 406 g/mol. The minimum Gasteiger partial charge on any atom is -0.488 e. The van der Waals surface area contributed by atoms with E-state index in [4.69, 9.17) is 9.26 Å². The number of benzene rings is 2. The largest absolute Gasteiger partial charge is 0.488 e. The zero-order valence-corrected chi connectivity index (χ0v) is 19.1. The summed E-state index contributed by atoms with van der Waals surface area (Å²) < 4.78 is 11.4. The second kappa shape index (κ2) is 9.02. The number of amides is 2. The molecule has 32 heavy (non-hydrogen) atoms. The van der Waals surface area contributed by atoms with Crippen molar-refractivity contribution in [3.63, 3.8) is 0 Å². The van der Waals surface area contributed by atoms with E-state index in [2.05, 4.69) is 5.16 Å². The third-order valence-electron chi connectivity index (χ3n) is 6.00. The summed E-state index contributed by atoms with van der Waals surface area (Å²) in [6, 6.07) is 11.7. The van der Waals surface area contributed by atoms with Crippen molar-refractivity contribution >= 4 is 22.6 Å². The lowest BCUT2D eigenvalue weighted by Gasteiger charge is -2.35. The Balaban J connectivity index is 1.58. The summed E-state index contributed by atoms with van der Waals surface area (Å²) in [5.74, 6) is 1.26. The van der Waals surface area contributed by atoms with E-state index in [0.29, 0.717) is 43.3 Å². The standard InChI is InChI=1S/C25H29N3O4/c1-16(2)24(29)27-9-11-28(12-10-27)25(30)21-13-19-7-5-6-8-20(19)14-23(21)31-15-22-17(3)26-32-18(22)4/h5-8,13-14,16H,9-12,15H2,1-4H3. The van der Waals surface area contributed by atoms with Crippen molar-refractivity contribution in [2.45, 2.75) is 34.3 Å². The van der Waals surface area contributed by atoms with Crippen LogP contribution < -0.4 is 4.74 Å². The van der Waals surface area contributed by atoms with E-state index in [9.17, 15) is 9.59 Å². The molecule has 3 aromatic rings. The number of hydrogen-bond donors (Lipinski definition) is 0. The Kier molecular flexibility index (Phi) is 6.17. The van der Waals surface area contributed by atoms with Gasteiger partial charge < -0.3 is 19.1 Å². The molecule has 0 aliphatic carbocycles. The number of aromatic nitrogens is 1. The molecule has 168 valence electrons. The third-order valence-corrected chi connectivity index (χ3v) is 6.00. The SMILES string of the molecule is Cc1noc(C)c1COc1cc2ccccc2cc1C(=O)N1CCN(C(=O)C(C)C)CC1. The summed E-state index contributed by atoms with van der Waals surface area (Å²) in [4.78, 5) is 29.4. The smallest absolute Gasteiger partial charge is 0.257 e. The van der Waals surface area contributed by atoms with E-state index >= 15 is 0 Å². The van der Waals surface area contributed by atoms with Crippen LogP contribution in [-0.4, -0.2) is 52.9 Å². The Hall–Kier alpha value is -3.35. The van der Waals surface area contributed by atoms with Crippen molar-refractivity contribution in [3.8, 4) is 5.75 Å². The molecule has 0 spiro atoms. The third kappa shape index (κ3) is 4.33. The number of hydrogen-bond acceptors (Lipinski definition) is 5. The van der Waals surface area contributed by atoms with Gasteiger partial charge in [0.2, 0.25) is 5.91 Å². The van der Waals surface area contributed by atoms with Crippen LogP contribution in [0.2, 0.25) is 0 Å². The maximum atomic E-state index is 13.5. The van der Waals surface area contributed by atoms with Crippen molar-refractivity contribution in [2.24, 2.45) is 5.92 Å². The van der Waals surface area contributed by atoms with Gasteiger partial charge >= 0.3 is 0 Å². The normalized spacial score (nSPS) is 14.3. The summed E-state index contributed by atoms with van der Waals surface area (Å²) in [7, 11) is 0. The van der Waals surface area contributed by atoms with E-state index in [1.54, 1.807) is 4.90 Å². The number of aryl methyl sites for hydroxylation is 2. The fraction of sp³-hybridized carbons (Fsp3) is 0.400. The molecule has 1 aromatic heterocycles. The number of carbonyl (C=O) groups excluding carboxylic acids is 2. The molecule has 0 unspecified atom stereocenters. The van der Waals surface area contributed by atoms with E-state index in [-0.39, 0.29) is 24.3 Å². The van der Waals surface area contributed by atoms with Gasteiger partial charge in [0.1, 0.15) is 18.1 Å². The summed E-state index contributed by atoms with van der Waals surface area (Å²) in [5.41, 5.74) is 2.19. The molecule has 2 aromatic carbocycles. The monoisotopic (exact) mass is 435 g/mol. The molecule has 1 saturated heterocycles. The Labute approximate surface area is 187 Å². The highest BCUT2D eigenvalue weighted by Gasteiger charge is 2.28. The van der Waals surface area contributed by atoms with Crippen molar-refractivity contribution in [1.29, 1.82) is 0 Å². The average molecular weight is 436 g/mol. The summed E-state index contributed by atoms with van der Waals surface area (Å²) in [5, 5.41) is 5.97. The quantitative estimate of drug-likeness (QED) is 0.606. The lowest BCUT2D eigenvalue weighted by atomic mass is 10.0. The molecular formula is C25H29N3O4. The van der Waals surface area contributed by atoms with E-state index < -0.39 is 0 Å². The molecule has 4 rings (SSSR count). The number of ether oxygens (including phenoxy) is 1. The highest BCUT2D eigenvalue weighted by Crippen LogP contribution is 2.29. The highest BCUT2D eigenvalue weighted by atomic mass is 16.5. The Morgan fingerprint density at radius 2 is 1.66 bits per heavy atom. The number of rotatable bonds is 5. The van der Waals surface area contributed by atoms with Crippen molar-refractivity contribution in [1.82, 2.24) is 15.0 Å². The second-order valence-electron chi connectivity index (χ2n) is 8.56. The van der Waals surface area contributed by atoms with E-state index in [0.717, 1.165) is 22.0 Å².